The van der Waals surface area contributed by atoms with Gasteiger partial charge in [-0.1, -0.05) is 13.8 Å². The quantitative estimate of drug-likeness (QED) is 0.771. The monoisotopic (exact) mass is 195 g/mol. The van der Waals surface area contributed by atoms with E-state index in [0.717, 1.165) is 25.2 Å². The molecule has 0 saturated heterocycles. The van der Waals surface area contributed by atoms with Crippen LogP contribution in [-0.2, 0) is 6.54 Å². The molecule has 0 heterocycles. The average molecular weight is 195 g/mol. The van der Waals surface area contributed by atoms with Gasteiger partial charge in [-0.15, -0.1) is 0 Å². The number of rotatable bonds is 4. The van der Waals surface area contributed by atoms with Gasteiger partial charge in [0.15, 0.2) is 0 Å². The summed E-state index contributed by atoms with van der Waals surface area (Å²) in [5.74, 6) is 0.235. The van der Waals surface area contributed by atoms with E-state index in [1.54, 1.807) is 12.1 Å². The van der Waals surface area contributed by atoms with Crippen molar-refractivity contribution >= 4 is 0 Å². The second-order valence-electron chi connectivity index (χ2n) is 3.32. The predicted molar refractivity (Wildman–Crippen MR) is 56.4 cm³/mol. The van der Waals surface area contributed by atoms with Gasteiger partial charge in [0.2, 0.25) is 0 Å². The number of phenolic OH excluding ortho intramolecular Hbond substituents is 2. The van der Waals surface area contributed by atoms with Crippen molar-refractivity contribution in [1.29, 1.82) is 0 Å². The molecule has 0 aliphatic rings. The van der Waals surface area contributed by atoms with E-state index in [9.17, 15) is 10.2 Å². The van der Waals surface area contributed by atoms with E-state index in [1.165, 1.54) is 6.07 Å². The summed E-state index contributed by atoms with van der Waals surface area (Å²) < 4.78 is 0. The average Bonchev–Trinajstić information content (AvgIpc) is 2.12. The molecule has 1 aromatic rings. The summed E-state index contributed by atoms with van der Waals surface area (Å²) in [5, 5.41) is 18.5. The Morgan fingerprint density at radius 1 is 1.00 bits per heavy atom. The Hall–Kier alpha value is -1.22. The van der Waals surface area contributed by atoms with Crippen LogP contribution in [0, 0.1) is 0 Å². The summed E-state index contributed by atoms with van der Waals surface area (Å²) in [4.78, 5) is 2.22. The summed E-state index contributed by atoms with van der Waals surface area (Å²) >= 11 is 0. The Morgan fingerprint density at radius 2 is 1.50 bits per heavy atom. The summed E-state index contributed by atoms with van der Waals surface area (Å²) in [7, 11) is 0. The first-order chi connectivity index (χ1) is 6.65. The molecule has 1 rings (SSSR count). The zero-order chi connectivity index (χ0) is 10.6. The molecule has 2 N–H and O–H groups in total. The molecule has 0 fully saturated rings. The molecule has 3 heteroatoms. The second-order valence-corrected chi connectivity index (χ2v) is 3.32. The van der Waals surface area contributed by atoms with Gasteiger partial charge in [0, 0.05) is 12.6 Å². The molecule has 0 aliphatic carbocycles. The number of aromatic hydroxyl groups is 2. The van der Waals surface area contributed by atoms with Gasteiger partial charge in [-0.2, -0.15) is 0 Å². The summed E-state index contributed by atoms with van der Waals surface area (Å²) in [6.07, 6.45) is 0. The third-order valence-electron chi connectivity index (χ3n) is 2.26. The molecule has 0 saturated carbocycles. The van der Waals surface area contributed by atoms with Crippen molar-refractivity contribution in [3.63, 3.8) is 0 Å². The van der Waals surface area contributed by atoms with E-state index in [4.69, 9.17) is 0 Å². The SMILES string of the molecule is CCN(CC)Cc1cc(O)cc(O)c1. The van der Waals surface area contributed by atoms with Gasteiger partial charge in [-0.3, -0.25) is 4.90 Å². The summed E-state index contributed by atoms with van der Waals surface area (Å²) in [5.41, 5.74) is 0.936. The van der Waals surface area contributed by atoms with Crippen molar-refractivity contribution in [2.45, 2.75) is 20.4 Å². The summed E-state index contributed by atoms with van der Waals surface area (Å²) in [6, 6.07) is 4.70. The lowest BCUT2D eigenvalue weighted by Crippen LogP contribution is -2.21. The molecule has 0 aromatic heterocycles. The lowest BCUT2D eigenvalue weighted by molar-refractivity contribution is 0.295. The van der Waals surface area contributed by atoms with E-state index >= 15 is 0 Å². The van der Waals surface area contributed by atoms with Crippen LogP contribution in [0.4, 0.5) is 0 Å². The molecule has 0 radical (unpaired) electrons. The van der Waals surface area contributed by atoms with Crippen molar-refractivity contribution in [3.05, 3.63) is 23.8 Å². The molecule has 0 amide bonds. The highest BCUT2D eigenvalue weighted by atomic mass is 16.3. The molecule has 0 unspecified atom stereocenters. The first-order valence-corrected chi connectivity index (χ1v) is 4.90. The van der Waals surface area contributed by atoms with Crippen LogP contribution in [0.5, 0.6) is 11.5 Å². The number of nitrogens with zero attached hydrogens (tertiary/aromatic N) is 1. The zero-order valence-corrected chi connectivity index (χ0v) is 8.70. The van der Waals surface area contributed by atoms with Crippen molar-refractivity contribution in [2.75, 3.05) is 13.1 Å². The highest BCUT2D eigenvalue weighted by molar-refractivity contribution is 5.36. The van der Waals surface area contributed by atoms with Crippen LogP contribution in [0.2, 0.25) is 0 Å². The van der Waals surface area contributed by atoms with E-state index in [-0.39, 0.29) is 11.5 Å². The fraction of sp³-hybridized carbons (Fsp3) is 0.455. The fourth-order valence-electron chi connectivity index (χ4n) is 1.45. The maximum atomic E-state index is 9.27. The molecule has 14 heavy (non-hydrogen) atoms. The molecule has 3 nitrogen and oxygen atoms in total. The maximum Gasteiger partial charge on any atom is 0.119 e. The van der Waals surface area contributed by atoms with Crippen LogP contribution >= 0.6 is 0 Å². The fourth-order valence-corrected chi connectivity index (χ4v) is 1.45. The number of benzene rings is 1. The normalized spacial score (nSPS) is 10.8. The largest absolute Gasteiger partial charge is 0.508 e. The predicted octanol–water partition coefficient (Wildman–Crippen LogP) is 1.94. The second kappa shape index (κ2) is 4.86. The topological polar surface area (TPSA) is 43.7 Å². The Morgan fingerprint density at radius 3 is 1.93 bits per heavy atom. The van der Waals surface area contributed by atoms with Crippen LogP contribution in [0.25, 0.3) is 0 Å². The number of phenols is 2. The number of hydrogen-bond donors (Lipinski definition) is 2. The minimum atomic E-state index is 0.118. The Kier molecular flexibility index (Phi) is 3.77. The van der Waals surface area contributed by atoms with Gasteiger partial charge >= 0.3 is 0 Å². The van der Waals surface area contributed by atoms with E-state index < -0.39 is 0 Å². The maximum absolute atomic E-state index is 9.27. The molecular formula is C11H17NO2. The van der Waals surface area contributed by atoms with Crippen LogP contribution in [0.15, 0.2) is 18.2 Å². The molecule has 0 aliphatic heterocycles. The molecule has 0 spiro atoms. The first-order valence-electron chi connectivity index (χ1n) is 4.90. The van der Waals surface area contributed by atoms with Gasteiger partial charge < -0.3 is 10.2 Å². The summed E-state index contributed by atoms with van der Waals surface area (Å²) in [6.45, 7) is 6.87. The molecule has 0 bridgehead atoms. The van der Waals surface area contributed by atoms with Crippen LogP contribution in [-0.4, -0.2) is 28.2 Å². The van der Waals surface area contributed by atoms with Gasteiger partial charge in [-0.25, -0.2) is 0 Å². The highest BCUT2D eigenvalue weighted by Crippen LogP contribution is 2.21. The Labute approximate surface area is 84.6 Å². The lowest BCUT2D eigenvalue weighted by Gasteiger charge is -2.18. The van der Waals surface area contributed by atoms with Crippen molar-refractivity contribution < 1.29 is 10.2 Å². The van der Waals surface area contributed by atoms with Crippen LogP contribution in [0.3, 0.4) is 0 Å². The van der Waals surface area contributed by atoms with Crippen molar-refractivity contribution in [2.24, 2.45) is 0 Å². The minimum absolute atomic E-state index is 0.118. The van der Waals surface area contributed by atoms with E-state index in [2.05, 4.69) is 18.7 Å². The van der Waals surface area contributed by atoms with Crippen LogP contribution in [0.1, 0.15) is 19.4 Å². The van der Waals surface area contributed by atoms with Gasteiger partial charge in [0.05, 0.1) is 0 Å². The third-order valence-corrected chi connectivity index (χ3v) is 2.26. The standard InChI is InChI=1S/C11H17NO2/c1-3-12(4-2)8-9-5-10(13)7-11(14)6-9/h5-7,13-14H,3-4,8H2,1-2H3. The van der Waals surface area contributed by atoms with Crippen LogP contribution < -0.4 is 0 Å². The third kappa shape index (κ3) is 2.92. The van der Waals surface area contributed by atoms with Gasteiger partial charge in [-0.05, 0) is 30.8 Å². The lowest BCUT2D eigenvalue weighted by atomic mass is 10.2. The smallest absolute Gasteiger partial charge is 0.119 e. The van der Waals surface area contributed by atoms with Gasteiger partial charge in [0.25, 0.3) is 0 Å². The molecular weight excluding hydrogens is 178 g/mol. The van der Waals surface area contributed by atoms with Gasteiger partial charge in [0.1, 0.15) is 11.5 Å². The zero-order valence-electron chi connectivity index (χ0n) is 8.70. The highest BCUT2D eigenvalue weighted by Gasteiger charge is 2.03. The van der Waals surface area contributed by atoms with Crippen molar-refractivity contribution in [1.82, 2.24) is 4.90 Å². The van der Waals surface area contributed by atoms with E-state index in [0.29, 0.717) is 0 Å². The number of hydrogen-bond acceptors (Lipinski definition) is 3. The Bertz CT molecular complexity index is 275. The van der Waals surface area contributed by atoms with Crippen molar-refractivity contribution in [3.8, 4) is 11.5 Å². The molecule has 1 aromatic carbocycles. The van der Waals surface area contributed by atoms with E-state index in [1.807, 2.05) is 0 Å². The Balaban J connectivity index is 2.75. The molecule has 0 atom stereocenters. The minimum Gasteiger partial charge on any atom is -0.508 e. The molecule has 78 valence electrons. The first kappa shape index (κ1) is 10.9.